The Labute approximate surface area is 202 Å². The minimum absolute atomic E-state index is 0.217. The smallest absolute Gasteiger partial charge is 0.231 e. The molecule has 0 fully saturated rings. The molecule has 3 aromatic rings. The second-order valence-corrected chi connectivity index (χ2v) is 9.24. The SMILES string of the molecule is COc1ccc(C2NC(c3ccc4c(c3)OCO4)=CC(c3cc(Br)ccc3O)N2)cc1Br. The molecule has 0 aliphatic carbocycles. The largest absolute Gasteiger partial charge is 0.508 e. The van der Waals surface area contributed by atoms with Crippen LogP contribution in [0.2, 0.25) is 0 Å². The van der Waals surface area contributed by atoms with E-state index in [2.05, 4.69) is 48.6 Å². The molecular formula is C24H20Br2N2O4. The average Bonchev–Trinajstić information content (AvgIpc) is 3.28. The Morgan fingerprint density at radius 3 is 2.66 bits per heavy atom. The maximum Gasteiger partial charge on any atom is 0.231 e. The van der Waals surface area contributed by atoms with Crippen molar-refractivity contribution in [3.63, 3.8) is 0 Å². The Morgan fingerprint density at radius 2 is 1.84 bits per heavy atom. The highest BCUT2D eigenvalue weighted by atomic mass is 79.9. The van der Waals surface area contributed by atoms with E-state index >= 15 is 0 Å². The maximum absolute atomic E-state index is 10.6. The van der Waals surface area contributed by atoms with Gasteiger partial charge in [-0.1, -0.05) is 22.0 Å². The monoisotopic (exact) mass is 558 g/mol. The van der Waals surface area contributed by atoms with Crippen LogP contribution in [0.15, 0.2) is 69.6 Å². The molecule has 0 amide bonds. The molecule has 0 saturated heterocycles. The molecule has 32 heavy (non-hydrogen) atoms. The molecule has 6 nitrogen and oxygen atoms in total. The van der Waals surface area contributed by atoms with E-state index < -0.39 is 0 Å². The topological polar surface area (TPSA) is 72.0 Å². The zero-order valence-corrected chi connectivity index (χ0v) is 20.2. The van der Waals surface area contributed by atoms with Gasteiger partial charge in [0, 0.05) is 21.3 Å². The summed E-state index contributed by atoms with van der Waals surface area (Å²) >= 11 is 7.09. The van der Waals surface area contributed by atoms with Crippen LogP contribution in [-0.4, -0.2) is 19.0 Å². The predicted molar refractivity (Wildman–Crippen MR) is 129 cm³/mol. The summed E-state index contributed by atoms with van der Waals surface area (Å²) in [5.74, 6) is 2.44. The molecule has 2 atom stereocenters. The summed E-state index contributed by atoms with van der Waals surface area (Å²) in [5.41, 5.74) is 3.68. The first kappa shape index (κ1) is 21.2. The lowest BCUT2D eigenvalue weighted by molar-refractivity contribution is 0.174. The van der Waals surface area contributed by atoms with Crippen LogP contribution >= 0.6 is 31.9 Å². The highest BCUT2D eigenvalue weighted by Gasteiger charge is 2.27. The normalized spacial score (nSPS) is 19.3. The van der Waals surface area contributed by atoms with Gasteiger partial charge in [0.2, 0.25) is 6.79 Å². The second-order valence-electron chi connectivity index (χ2n) is 7.47. The molecule has 164 valence electrons. The fourth-order valence-electron chi connectivity index (χ4n) is 3.88. The summed E-state index contributed by atoms with van der Waals surface area (Å²) in [6, 6.07) is 17.0. The zero-order chi connectivity index (χ0) is 22.2. The van der Waals surface area contributed by atoms with Gasteiger partial charge in [-0.25, -0.2) is 0 Å². The molecule has 8 heteroatoms. The van der Waals surface area contributed by atoms with Crippen molar-refractivity contribution in [2.75, 3.05) is 13.9 Å². The van der Waals surface area contributed by atoms with Gasteiger partial charge in [0.1, 0.15) is 17.7 Å². The summed E-state index contributed by atoms with van der Waals surface area (Å²) in [7, 11) is 1.64. The fraction of sp³-hybridized carbons (Fsp3) is 0.167. The number of aromatic hydroxyl groups is 1. The van der Waals surface area contributed by atoms with Crippen LogP contribution in [0.3, 0.4) is 0 Å². The Hall–Kier alpha value is -2.68. The molecule has 0 radical (unpaired) electrons. The molecule has 0 saturated carbocycles. The van der Waals surface area contributed by atoms with Crippen LogP contribution < -0.4 is 24.8 Å². The lowest BCUT2D eigenvalue weighted by Crippen LogP contribution is -2.39. The van der Waals surface area contributed by atoms with Crippen molar-refractivity contribution in [1.82, 2.24) is 10.6 Å². The Morgan fingerprint density at radius 1 is 1.00 bits per heavy atom. The molecule has 2 heterocycles. The van der Waals surface area contributed by atoms with Crippen molar-refractivity contribution in [3.05, 3.63) is 86.3 Å². The summed E-state index contributed by atoms with van der Waals surface area (Å²) in [4.78, 5) is 0. The highest BCUT2D eigenvalue weighted by Crippen LogP contribution is 2.39. The van der Waals surface area contributed by atoms with Crippen LogP contribution in [0.4, 0.5) is 0 Å². The van der Waals surface area contributed by atoms with E-state index in [1.54, 1.807) is 13.2 Å². The van der Waals surface area contributed by atoms with Gasteiger partial charge in [-0.05, 0) is 76.1 Å². The fourth-order valence-corrected chi connectivity index (χ4v) is 4.82. The predicted octanol–water partition coefficient (Wildman–Crippen LogP) is 5.63. The third-order valence-electron chi connectivity index (χ3n) is 5.50. The number of ether oxygens (including phenoxy) is 3. The van der Waals surface area contributed by atoms with Gasteiger partial charge in [0.25, 0.3) is 0 Å². The number of methoxy groups -OCH3 is 1. The summed E-state index contributed by atoms with van der Waals surface area (Å²) in [6.45, 7) is 0.226. The first-order chi connectivity index (χ1) is 15.5. The maximum atomic E-state index is 10.6. The number of phenolic OH excluding ortho intramolecular Hbond substituents is 1. The Balaban J connectivity index is 1.57. The van der Waals surface area contributed by atoms with Crippen molar-refractivity contribution in [2.45, 2.75) is 12.2 Å². The van der Waals surface area contributed by atoms with Crippen molar-refractivity contribution in [2.24, 2.45) is 0 Å². The number of hydrogen-bond donors (Lipinski definition) is 3. The van der Waals surface area contributed by atoms with E-state index in [9.17, 15) is 5.11 Å². The minimum Gasteiger partial charge on any atom is -0.508 e. The van der Waals surface area contributed by atoms with E-state index in [0.717, 1.165) is 42.8 Å². The Kier molecular flexibility index (Phi) is 5.75. The lowest BCUT2D eigenvalue weighted by Gasteiger charge is -2.33. The molecule has 3 N–H and O–H groups in total. The van der Waals surface area contributed by atoms with Gasteiger partial charge in [0.05, 0.1) is 17.6 Å². The van der Waals surface area contributed by atoms with Gasteiger partial charge in [-0.2, -0.15) is 0 Å². The lowest BCUT2D eigenvalue weighted by atomic mass is 9.97. The second kappa shape index (κ2) is 8.69. The number of rotatable bonds is 4. The van der Waals surface area contributed by atoms with E-state index in [1.165, 1.54) is 0 Å². The van der Waals surface area contributed by atoms with E-state index in [-0.39, 0.29) is 24.8 Å². The van der Waals surface area contributed by atoms with Crippen LogP contribution in [-0.2, 0) is 0 Å². The number of fused-ring (bicyclic) bond motifs is 1. The zero-order valence-electron chi connectivity index (χ0n) is 17.1. The molecule has 0 aromatic heterocycles. The molecule has 2 aliphatic heterocycles. The molecular weight excluding hydrogens is 540 g/mol. The summed E-state index contributed by atoms with van der Waals surface area (Å²) in [5, 5.41) is 17.7. The van der Waals surface area contributed by atoms with Crippen LogP contribution in [0, 0.1) is 0 Å². The average molecular weight is 560 g/mol. The van der Waals surface area contributed by atoms with Crippen molar-refractivity contribution >= 4 is 37.6 Å². The van der Waals surface area contributed by atoms with E-state index in [1.807, 2.05) is 48.5 Å². The number of nitrogens with one attached hydrogen (secondary N) is 2. The number of benzene rings is 3. The number of phenols is 1. The van der Waals surface area contributed by atoms with Gasteiger partial charge < -0.3 is 24.6 Å². The first-order valence-electron chi connectivity index (χ1n) is 9.98. The molecule has 2 aliphatic rings. The van der Waals surface area contributed by atoms with Crippen molar-refractivity contribution < 1.29 is 19.3 Å². The summed E-state index contributed by atoms with van der Waals surface area (Å²) < 4.78 is 18.2. The standard InChI is InChI=1S/C24H20Br2N2O4/c1-30-21-6-3-14(8-17(21)26)24-27-18(13-2-7-22-23(9-13)32-12-31-22)11-19(28-24)16-10-15(25)4-5-20(16)29/h2-11,19,24,27-29H,12H2,1H3. The molecule has 2 unspecified atom stereocenters. The highest BCUT2D eigenvalue weighted by molar-refractivity contribution is 9.10. The molecule has 5 rings (SSSR count). The van der Waals surface area contributed by atoms with Crippen LogP contribution in [0.1, 0.15) is 28.9 Å². The summed E-state index contributed by atoms with van der Waals surface area (Å²) in [6.07, 6.45) is 1.85. The van der Waals surface area contributed by atoms with Crippen LogP contribution in [0.25, 0.3) is 5.70 Å². The minimum atomic E-state index is -0.236. The third-order valence-corrected chi connectivity index (χ3v) is 6.61. The van der Waals surface area contributed by atoms with Crippen LogP contribution in [0.5, 0.6) is 23.0 Å². The first-order valence-corrected chi connectivity index (χ1v) is 11.6. The van der Waals surface area contributed by atoms with Gasteiger partial charge >= 0.3 is 0 Å². The van der Waals surface area contributed by atoms with E-state index in [0.29, 0.717) is 5.75 Å². The van der Waals surface area contributed by atoms with Gasteiger partial charge in [0.15, 0.2) is 11.5 Å². The van der Waals surface area contributed by atoms with Gasteiger partial charge in [-0.3, -0.25) is 5.32 Å². The Bertz CT molecular complexity index is 1210. The molecule has 0 bridgehead atoms. The molecule has 3 aromatic carbocycles. The number of hydrogen-bond acceptors (Lipinski definition) is 6. The molecule has 0 spiro atoms. The number of halogens is 2. The van der Waals surface area contributed by atoms with Crippen molar-refractivity contribution in [3.8, 4) is 23.0 Å². The van der Waals surface area contributed by atoms with Crippen molar-refractivity contribution in [1.29, 1.82) is 0 Å². The van der Waals surface area contributed by atoms with Gasteiger partial charge in [-0.15, -0.1) is 0 Å². The third kappa shape index (κ3) is 4.05. The van der Waals surface area contributed by atoms with E-state index in [4.69, 9.17) is 14.2 Å². The quantitative estimate of drug-likeness (QED) is 0.385.